The van der Waals surface area contributed by atoms with Crippen molar-refractivity contribution in [2.75, 3.05) is 23.8 Å². The molecule has 24 heavy (non-hydrogen) atoms. The molecular formula is C15H22N4O5. The minimum Gasteiger partial charge on any atom is -0.450 e. The molecule has 0 aromatic heterocycles. The molecule has 0 saturated carbocycles. The Kier molecular flexibility index (Phi) is 7.89. The van der Waals surface area contributed by atoms with Crippen molar-refractivity contribution in [3.63, 3.8) is 0 Å². The van der Waals surface area contributed by atoms with Crippen molar-refractivity contribution in [3.8, 4) is 0 Å². The van der Waals surface area contributed by atoms with Crippen LogP contribution < -0.4 is 21.5 Å². The summed E-state index contributed by atoms with van der Waals surface area (Å²) < 4.78 is 9.55. The van der Waals surface area contributed by atoms with E-state index in [1.165, 1.54) is 0 Å². The molecule has 0 aliphatic rings. The Morgan fingerprint density at radius 3 is 2.42 bits per heavy atom. The molecule has 0 heterocycles. The third-order valence-corrected chi connectivity index (χ3v) is 2.72. The van der Waals surface area contributed by atoms with Gasteiger partial charge in [-0.2, -0.15) is 0 Å². The second-order valence-electron chi connectivity index (χ2n) is 4.72. The maximum atomic E-state index is 11.7. The summed E-state index contributed by atoms with van der Waals surface area (Å²) in [5.41, 5.74) is 5.98. The molecule has 4 amide bonds. The highest BCUT2D eigenvalue weighted by atomic mass is 16.6. The molecule has 1 aromatic carbocycles. The zero-order valence-corrected chi connectivity index (χ0v) is 13.9. The lowest BCUT2D eigenvalue weighted by Crippen LogP contribution is -2.44. The van der Waals surface area contributed by atoms with Crippen LogP contribution >= 0.6 is 0 Å². The number of benzene rings is 1. The summed E-state index contributed by atoms with van der Waals surface area (Å²) in [7, 11) is 0. The van der Waals surface area contributed by atoms with Gasteiger partial charge in [-0.3, -0.25) is 5.32 Å². The molecule has 1 aromatic rings. The summed E-state index contributed by atoms with van der Waals surface area (Å²) in [6.07, 6.45) is -0.651. The summed E-state index contributed by atoms with van der Waals surface area (Å²) >= 11 is 0. The van der Waals surface area contributed by atoms with E-state index in [1.54, 1.807) is 32.0 Å². The van der Waals surface area contributed by atoms with Gasteiger partial charge in [0.25, 0.3) is 0 Å². The number of aryl methyl sites for hydroxylation is 1. The van der Waals surface area contributed by atoms with Crippen LogP contribution in [0.15, 0.2) is 18.2 Å². The van der Waals surface area contributed by atoms with Gasteiger partial charge < -0.3 is 14.8 Å². The number of nitrogens with one attached hydrogen (secondary N) is 4. The van der Waals surface area contributed by atoms with E-state index in [0.29, 0.717) is 17.8 Å². The van der Waals surface area contributed by atoms with Gasteiger partial charge in [0.1, 0.15) is 0 Å². The highest BCUT2D eigenvalue weighted by Gasteiger charge is 2.09. The Morgan fingerprint density at radius 2 is 1.75 bits per heavy atom. The number of rotatable bonds is 5. The Morgan fingerprint density at radius 1 is 1.00 bits per heavy atom. The lowest BCUT2D eigenvalue weighted by Gasteiger charge is -2.12. The zero-order chi connectivity index (χ0) is 17.9. The molecule has 0 unspecified atom stereocenters. The van der Waals surface area contributed by atoms with Gasteiger partial charge in [0, 0.05) is 11.4 Å². The minimum atomic E-state index is -0.749. The van der Waals surface area contributed by atoms with Crippen LogP contribution in [0.2, 0.25) is 0 Å². The predicted molar refractivity (Wildman–Crippen MR) is 88.8 cm³/mol. The van der Waals surface area contributed by atoms with Gasteiger partial charge in [0.2, 0.25) is 0 Å². The van der Waals surface area contributed by atoms with Crippen molar-refractivity contribution in [1.82, 2.24) is 10.9 Å². The topological polar surface area (TPSA) is 118 Å². The number of amides is 4. The van der Waals surface area contributed by atoms with Gasteiger partial charge in [-0.25, -0.2) is 25.2 Å². The van der Waals surface area contributed by atoms with Gasteiger partial charge in [-0.1, -0.05) is 13.0 Å². The van der Waals surface area contributed by atoms with Gasteiger partial charge in [0.15, 0.2) is 0 Å². The number of hydrogen-bond donors (Lipinski definition) is 4. The summed E-state index contributed by atoms with van der Waals surface area (Å²) in [4.78, 5) is 34.4. The van der Waals surface area contributed by atoms with E-state index < -0.39 is 18.2 Å². The molecular weight excluding hydrogens is 316 g/mol. The molecule has 9 nitrogen and oxygen atoms in total. The average molecular weight is 338 g/mol. The molecule has 0 spiro atoms. The molecule has 0 bridgehead atoms. The van der Waals surface area contributed by atoms with Crippen molar-refractivity contribution in [1.29, 1.82) is 0 Å². The van der Waals surface area contributed by atoms with Gasteiger partial charge in [0.05, 0.1) is 13.2 Å². The number of ether oxygens (including phenoxy) is 2. The smallest absolute Gasteiger partial charge is 0.426 e. The summed E-state index contributed by atoms with van der Waals surface area (Å²) in [6.45, 7) is 5.87. The Balaban J connectivity index is 2.56. The van der Waals surface area contributed by atoms with Gasteiger partial charge in [-0.15, -0.1) is 0 Å². The van der Waals surface area contributed by atoms with Crippen molar-refractivity contribution < 1.29 is 23.9 Å². The van der Waals surface area contributed by atoms with E-state index >= 15 is 0 Å². The number of anilines is 2. The second-order valence-corrected chi connectivity index (χ2v) is 4.72. The largest absolute Gasteiger partial charge is 0.450 e. The van der Waals surface area contributed by atoms with Crippen LogP contribution in [0.4, 0.5) is 25.8 Å². The molecule has 0 fully saturated rings. The molecule has 0 saturated heterocycles. The fraction of sp³-hybridized carbons (Fsp3) is 0.400. The first-order valence-corrected chi connectivity index (χ1v) is 7.50. The van der Waals surface area contributed by atoms with Crippen LogP contribution in [0.5, 0.6) is 0 Å². The number of hydrogen-bond acceptors (Lipinski definition) is 5. The molecule has 0 radical (unpaired) electrons. The first kappa shape index (κ1) is 19.1. The van der Waals surface area contributed by atoms with Crippen LogP contribution in [0.3, 0.4) is 0 Å². The van der Waals surface area contributed by atoms with E-state index in [-0.39, 0.29) is 13.2 Å². The third kappa shape index (κ3) is 6.86. The highest BCUT2D eigenvalue weighted by molar-refractivity contribution is 5.92. The fourth-order valence-corrected chi connectivity index (χ4v) is 1.61. The van der Waals surface area contributed by atoms with Crippen LogP contribution in [-0.2, 0) is 9.47 Å². The summed E-state index contributed by atoms with van der Waals surface area (Å²) in [6, 6.07) is 4.29. The average Bonchev–Trinajstić information content (AvgIpc) is 2.54. The molecule has 4 N–H and O–H groups in total. The second kappa shape index (κ2) is 9.93. The minimum absolute atomic E-state index is 0.255. The molecule has 0 aliphatic carbocycles. The molecule has 1 rings (SSSR count). The standard InChI is InChI=1S/C15H22N4O5/c1-4-8-24-15(22)19-18-13(20)16-11-7-6-10(3)12(9-11)17-14(21)23-5-2/h6-7,9H,4-5,8H2,1-3H3,(H,17,21)(H,19,22)(H2,16,18,20). The summed E-state index contributed by atoms with van der Waals surface area (Å²) in [5.74, 6) is 0. The van der Waals surface area contributed by atoms with E-state index in [2.05, 4.69) is 21.5 Å². The zero-order valence-electron chi connectivity index (χ0n) is 13.9. The van der Waals surface area contributed by atoms with Crippen molar-refractivity contribution in [2.24, 2.45) is 0 Å². The molecule has 0 atom stereocenters. The number of urea groups is 1. The Labute approximate surface area is 140 Å². The van der Waals surface area contributed by atoms with Crippen LogP contribution in [0.25, 0.3) is 0 Å². The lowest BCUT2D eigenvalue weighted by molar-refractivity contribution is 0.142. The van der Waals surface area contributed by atoms with E-state index in [1.807, 2.05) is 6.92 Å². The van der Waals surface area contributed by atoms with Crippen LogP contribution in [0, 0.1) is 6.92 Å². The van der Waals surface area contributed by atoms with Gasteiger partial charge >= 0.3 is 18.2 Å². The molecule has 9 heteroatoms. The SMILES string of the molecule is CCCOC(=O)NNC(=O)Nc1ccc(C)c(NC(=O)OCC)c1. The first-order chi connectivity index (χ1) is 11.5. The van der Waals surface area contributed by atoms with Crippen LogP contribution in [0.1, 0.15) is 25.8 Å². The Bertz CT molecular complexity index is 591. The maximum absolute atomic E-state index is 11.7. The van der Waals surface area contributed by atoms with Crippen LogP contribution in [-0.4, -0.2) is 31.4 Å². The molecule has 132 valence electrons. The quantitative estimate of drug-likeness (QED) is 0.616. The normalized spacial score (nSPS) is 9.62. The van der Waals surface area contributed by atoms with Crippen molar-refractivity contribution in [3.05, 3.63) is 23.8 Å². The lowest BCUT2D eigenvalue weighted by atomic mass is 10.2. The first-order valence-electron chi connectivity index (χ1n) is 7.50. The fourth-order valence-electron chi connectivity index (χ4n) is 1.61. The number of hydrazine groups is 1. The predicted octanol–water partition coefficient (Wildman–Crippen LogP) is 2.74. The van der Waals surface area contributed by atoms with E-state index in [9.17, 15) is 14.4 Å². The third-order valence-electron chi connectivity index (χ3n) is 2.72. The van der Waals surface area contributed by atoms with E-state index in [4.69, 9.17) is 9.47 Å². The monoisotopic (exact) mass is 338 g/mol. The number of carbonyl (C=O) groups is 3. The maximum Gasteiger partial charge on any atom is 0.426 e. The molecule has 0 aliphatic heterocycles. The van der Waals surface area contributed by atoms with E-state index in [0.717, 1.165) is 5.56 Å². The highest BCUT2D eigenvalue weighted by Crippen LogP contribution is 2.20. The number of carbonyl (C=O) groups excluding carboxylic acids is 3. The summed E-state index contributed by atoms with van der Waals surface area (Å²) in [5, 5.41) is 5.09. The van der Waals surface area contributed by atoms with Crippen molar-refractivity contribution >= 4 is 29.6 Å². The van der Waals surface area contributed by atoms with Gasteiger partial charge in [-0.05, 0) is 38.0 Å². The Hall–Kier alpha value is -2.97. The van der Waals surface area contributed by atoms with Crippen molar-refractivity contribution in [2.45, 2.75) is 27.2 Å².